The van der Waals surface area contributed by atoms with Crippen LogP contribution in [-0.2, 0) is 4.74 Å². The van der Waals surface area contributed by atoms with Crippen LogP contribution in [0.25, 0.3) is 0 Å². The van der Waals surface area contributed by atoms with E-state index in [1.807, 2.05) is 18.9 Å². The molecular formula is C10H18N6O2. The van der Waals surface area contributed by atoms with E-state index in [0.29, 0.717) is 19.2 Å². The number of hydrogen-bond acceptors (Lipinski definition) is 8. The van der Waals surface area contributed by atoms with E-state index in [1.165, 1.54) is 0 Å². The Balaban J connectivity index is 2.04. The summed E-state index contributed by atoms with van der Waals surface area (Å²) < 4.78 is 10.7. The maximum Gasteiger partial charge on any atom is 0.323 e. The number of nitrogens with two attached hydrogens (primary N) is 1. The van der Waals surface area contributed by atoms with Gasteiger partial charge in [-0.25, -0.2) is 5.01 Å². The zero-order chi connectivity index (χ0) is 13.0. The molecule has 8 nitrogen and oxygen atoms in total. The fourth-order valence-electron chi connectivity index (χ4n) is 1.50. The quantitative estimate of drug-likeness (QED) is 0.768. The molecular weight excluding hydrogens is 236 g/mol. The van der Waals surface area contributed by atoms with Gasteiger partial charge in [-0.3, -0.25) is 5.43 Å². The summed E-state index contributed by atoms with van der Waals surface area (Å²) in [7, 11) is 0. The van der Waals surface area contributed by atoms with Gasteiger partial charge in [0.2, 0.25) is 11.9 Å². The molecule has 1 saturated heterocycles. The number of hydrazine groups is 1. The lowest BCUT2D eigenvalue weighted by Gasteiger charge is -2.26. The van der Waals surface area contributed by atoms with Gasteiger partial charge in [-0.2, -0.15) is 15.0 Å². The highest BCUT2D eigenvalue weighted by Crippen LogP contribution is 2.11. The molecule has 2 heterocycles. The summed E-state index contributed by atoms with van der Waals surface area (Å²) in [5.74, 6) is 0.524. The summed E-state index contributed by atoms with van der Waals surface area (Å²) in [6.45, 7) is 6.70. The minimum Gasteiger partial charge on any atom is -0.461 e. The average molecular weight is 254 g/mol. The number of rotatable bonds is 4. The van der Waals surface area contributed by atoms with Crippen LogP contribution in [0.15, 0.2) is 0 Å². The van der Waals surface area contributed by atoms with E-state index in [-0.39, 0.29) is 18.1 Å². The lowest BCUT2D eigenvalue weighted by Crippen LogP contribution is -2.40. The molecule has 8 heteroatoms. The van der Waals surface area contributed by atoms with Crippen LogP contribution in [0.2, 0.25) is 0 Å². The highest BCUT2D eigenvalue weighted by molar-refractivity contribution is 5.31. The Hall–Kier alpha value is -1.67. The van der Waals surface area contributed by atoms with Gasteiger partial charge in [-0.15, -0.1) is 0 Å². The van der Waals surface area contributed by atoms with Crippen molar-refractivity contribution in [2.75, 3.05) is 37.5 Å². The highest BCUT2D eigenvalue weighted by Gasteiger charge is 2.13. The summed E-state index contributed by atoms with van der Waals surface area (Å²) in [4.78, 5) is 12.1. The van der Waals surface area contributed by atoms with Crippen molar-refractivity contribution in [1.82, 2.24) is 20.0 Å². The maximum absolute atomic E-state index is 5.61. The van der Waals surface area contributed by atoms with E-state index in [2.05, 4.69) is 20.4 Å². The van der Waals surface area contributed by atoms with Crippen molar-refractivity contribution < 1.29 is 9.47 Å². The van der Waals surface area contributed by atoms with E-state index in [9.17, 15) is 0 Å². The predicted molar refractivity (Wildman–Crippen MR) is 66.0 cm³/mol. The van der Waals surface area contributed by atoms with Gasteiger partial charge < -0.3 is 15.2 Å². The number of anilines is 2. The second kappa shape index (κ2) is 5.78. The molecule has 100 valence electrons. The first-order valence-electron chi connectivity index (χ1n) is 5.91. The molecule has 0 atom stereocenters. The summed E-state index contributed by atoms with van der Waals surface area (Å²) in [5, 5.41) is 1.97. The molecule has 3 N–H and O–H groups in total. The second-order valence-electron chi connectivity index (χ2n) is 4.18. The third kappa shape index (κ3) is 3.67. The minimum absolute atomic E-state index is 0.0111. The number of ether oxygens (including phenoxy) is 2. The predicted octanol–water partition coefficient (Wildman–Crippen LogP) is -0.0999. The van der Waals surface area contributed by atoms with Crippen LogP contribution in [0.1, 0.15) is 13.8 Å². The normalized spacial score (nSPS) is 16.8. The molecule has 0 aromatic carbocycles. The number of morpholine rings is 1. The smallest absolute Gasteiger partial charge is 0.323 e. The molecule has 0 bridgehead atoms. The van der Waals surface area contributed by atoms with Gasteiger partial charge >= 0.3 is 6.01 Å². The van der Waals surface area contributed by atoms with Gasteiger partial charge in [0.05, 0.1) is 19.3 Å². The summed E-state index contributed by atoms with van der Waals surface area (Å²) in [5.41, 5.74) is 8.68. The van der Waals surface area contributed by atoms with Crippen molar-refractivity contribution in [1.29, 1.82) is 0 Å². The zero-order valence-electron chi connectivity index (χ0n) is 10.6. The first-order valence-corrected chi connectivity index (χ1v) is 5.91. The minimum atomic E-state index is -0.0111. The topological polar surface area (TPSA) is 98.4 Å². The van der Waals surface area contributed by atoms with Crippen LogP contribution in [0.4, 0.5) is 11.9 Å². The molecule has 18 heavy (non-hydrogen) atoms. The van der Waals surface area contributed by atoms with Crippen LogP contribution in [0.3, 0.4) is 0 Å². The number of hydrogen-bond donors (Lipinski definition) is 2. The molecule has 1 aliphatic heterocycles. The van der Waals surface area contributed by atoms with Crippen molar-refractivity contribution in [3.63, 3.8) is 0 Å². The van der Waals surface area contributed by atoms with Crippen LogP contribution in [0, 0.1) is 0 Å². The molecule has 0 unspecified atom stereocenters. The number of aromatic nitrogens is 3. The van der Waals surface area contributed by atoms with Crippen molar-refractivity contribution in [2.24, 2.45) is 0 Å². The highest BCUT2D eigenvalue weighted by atomic mass is 16.5. The third-order valence-corrected chi connectivity index (χ3v) is 2.24. The summed E-state index contributed by atoms with van der Waals surface area (Å²) in [6.07, 6.45) is -0.0111. The molecule has 1 aliphatic rings. The van der Waals surface area contributed by atoms with E-state index >= 15 is 0 Å². The molecule has 1 aromatic rings. The zero-order valence-corrected chi connectivity index (χ0v) is 10.6. The number of nitrogens with zero attached hydrogens (tertiary/aromatic N) is 4. The largest absolute Gasteiger partial charge is 0.461 e. The van der Waals surface area contributed by atoms with Crippen molar-refractivity contribution in [3.8, 4) is 6.01 Å². The third-order valence-electron chi connectivity index (χ3n) is 2.24. The SMILES string of the molecule is CC(C)Oc1nc(N)nc(NN2CCOCC2)n1. The summed E-state index contributed by atoms with van der Waals surface area (Å²) in [6, 6.07) is 0.230. The van der Waals surface area contributed by atoms with Crippen molar-refractivity contribution in [3.05, 3.63) is 0 Å². The standard InChI is InChI=1S/C10H18N6O2/c1-7(2)18-10-13-8(11)12-9(14-10)15-16-3-5-17-6-4-16/h7H,3-6H2,1-2H3,(H3,11,12,13,14,15). The Bertz CT molecular complexity index is 394. The molecule has 1 aromatic heterocycles. The van der Waals surface area contributed by atoms with Gasteiger partial charge in [0.1, 0.15) is 0 Å². The van der Waals surface area contributed by atoms with E-state index in [1.54, 1.807) is 0 Å². The number of nitrogens with one attached hydrogen (secondary N) is 1. The van der Waals surface area contributed by atoms with Crippen LogP contribution in [-0.4, -0.2) is 52.4 Å². The molecule has 0 spiro atoms. The Morgan fingerprint density at radius 1 is 1.28 bits per heavy atom. The Kier molecular flexibility index (Phi) is 4.11. The second-order valence-corrected chi connectivity index (χ2v) is 4.18. The van der Waals surface area contributed by atoms with Gasteiger partial charge in [-0.05, 0) is 13.8 Å². The first kappa shape index (κ1) is 12.8. The van der Waals surface area contributed by atoms with E-state index in [0.717, 1.165) is 13.1 Å². The maximum atomic E-state index is 5.61. The van der Waals surface area contributed by atoms with Crippen molar-refractivity contribution in [2.45, 2.75) is 20.0 Å². The van der Waals surface area contributed by atoms with Gasteiger partial charge in [0.25, 0.3) is 0 Å². The molecule has 1 fully saturated rings. The fraction of sp³-hybridized carbons (Fsp3) is 0.700. The molecule has 0 radical (unpaired) electrons. The Morgan fingerprint density at radius 2 is 2.00 bits per heavy atom. The number of nitrogen functional groups attached to an aromatic ring is 1. The van der Waals surface area contributed by atoms with Crippen LogP contribution >= 0.6 is 0 Å². The van der Waals surface area contributed by atoms with Crippen molar-refractivity contribution >= 4 is 11.9 Å². The van der Waals surface area contributed by atoms with E-state index in [4.69, 9.17) is 15.2 Å². The van der Waals surface area contributed by atoms with Gasteiger partial charge in [0, 0.05) is 13.1 Å². The Morgan fingerprint density at radius 3 is 2.67 bits per heavy atom. The van der Waals surface area contributed by atoms with Crippen LogP contribution < -0.4 is 15.9 Å². The van der Waals surface area contributed by atoms with E-state index < -0.39 is 0 Å². The lowest BCUT2D eigenvalue weighted by molar-refractivity contribution is 0.0492. The first-order chi connectivity index (χ1) is 8.63. The molecule has 2 rings (SSSR count). The average Bonchev–Trinajstić information content (AvgIpc) is 2.28. The van der Waals surface area contributed by atoms with Gasteiger partial charge in [-0.1, -0.05) is 0 Å². The van der Waals surface area contributed by atoms with Crippen LogP contribution in [0.5, 0.6) is 6.01 Å². The fourth-order valence-corrected chi connectivity index (χ4v) is 1.50. The Labute approximate surface area is 105 Å². The molecule has 0 aliphatic carbocycles. The van der Waals surface area contributed by atoms with Gasteiger partial charge in [0.15, 0.2) is 0 Å². The lowest BCUT2D eigenvalue weighted by atomic mass is 10.5. The summed E-state index contributed by atoms with van der Waals surface area (Å²) >= 11 is 0. The molecule has 0 saturated carbocycles. The monoisotopic (exact) mass is 254 g/mol. The molecule has 0 amide bonds.